The van der Waals surface area contributed by atoms with E-state index < -0.39 is 0 Å². The average molecular weight is 273 g/mol. The van der Waals surface area contributed by atoms with Crippen LogP contribution in [0.5, 0.6) is 5.75 Å². The van der Waals surface area contributed by atoms with Crippen LogP contribution < -0.4 is 10.5 Å². The Morgan fingerprint density at radius 3 is 2.84 bits per heavy atom. The van der Waals surface area contributed by atoms with Gasteiger partial charge in [-0.05, 0) is 41.6 Å². The van der Waals surface area contributed by atoms with E-state index in [0.717, 1.165) is 24.2 Å². The second-order valence-corrected chi connectivity index (χ2v) is 5.45. The molecule has 0 amide bonds. The molecular weight excluding hydrogens is 254 g/mol. The van der Waals surface area contributed by atoms with Gasteiger partial charge in [0, 0.05) is 22.6 Å². The summed E-state index contributed by atoms with van der Waals surface area (Å²) < 4.78 is 5.82. The Kier molecular flexibility index (Phi) is 4.63. The van der Waals surface area contributed by atoms with Gasteiger partial charge in [0.25, 0.3) is 0 Å². The Bertz CT molecular complexity index is 546. The van der Waals surface area contributed by atoms with Crippen LogP contribution in [0.2, 0.25) is 0 Å². The van der Waals surface area contributed by atoms with E-state index in [1.165, 1.54) is 10.4 Å². The molecule has 100 valence electrons. The molecule has 0 spiro atoms. The van der Waals surface area contributed by atoms with Crippen LogP contribution in [0.15, 0.2) is 42.3 Å². The summed E-state index contributed by atoms with van der Waals surface area (Å²) in [4.78, 5) is 1.34. The number of hydrogen-bond acceptors (Lipinski definition) is 3. The van der Waals surface area contributed by atoms with Gasteiger partial charge in [-0.15, -0.1) is 11.3 Å². The summed E-state index contributed by atoms with van der Waals surface area (Å²) in [6.45, 7) is 6.59. The first-order chi connectivity index (χ1) is 9.19. The summed E-state index contributed by atoms with van der Waals surface area (Å²) in [6.07, 6.45) is 1.90. The highest BCUT2D eigenvalue weighted by Crippen LogP contribution is 2.21. The predicted octanol–water partition coefficient (Wildman–Crippen LogP) is 3.86. The summed E-state index contributed by atoms with van der Waals surface area (Å²) >= 11 is 1.76. The normalized spacial score (nSPS) is 10.4. The van der Waals surface area contributed by atoms with Crippen LogP contribution in [-0.2, 0) is 12.8 Å². The molecule has 0 aliphatic rings. The molecule has 2 N–H and O–H groups in total. The fourth-order valence-electron chi connectivity index (χ4n) is 1.86. The van der Waals surface area contributed by atoms with E-state index in [2.05, 4.69) is 43.1 Å². The summed E-state index contributed by atoms with van der Waals surface area (Å²) in [5, 5.41) is 2.09. The second-order valence-electron chi connectivity index (χ2n) is 4.42. The molecule has 0 bridgehead atoms. The molecular formula is C16H19NOS. The highest BCUT2D eigenvalue weighted by atomic mass is 32.1. The maximum Gasteiger partial charge on any atom is 0.120 e. The predicted molar refractivity (Wildman–Crippen MR) is 82.6 cm³/mol. The minimum absolute atomic E-state index is 0.582. The number of benzene rings is 1. The van der Waals surface area contributed by atoms with E-state index in [9.17, 15) is 0 Å². The van der Waals surface area contributed by atoms with Gasteiger partial charge < -0.3 is 10.5 Å². The zero-order valence-electron chi connectivity index (χ0n) is 11.2. The van der Waals surface area contributed by atoms with Gasteiger partial charge in [0.15, 0.2) is 0 Å². The molecule has 0 atom stereocenters. The van der Waals surface area contributed by atoms with E-state index in [4.69, 9.17) is 10.5 Å². The second kappa shape index (κ2) is 6.43. The van der Waals surface area contributed by atoms with Gasteiger partial charge in [-0.1, -0.05) is 19.6 Å². The van der Waals surface area contributed by atoms with Crippen molar-refractivity contribution in [3.05, 3.63) is 58.3 Å². The molecule has 0 aliphatic carbocycles. The smallest absolute Gasteiger partial charge is 0.120 e. The fourth-order valence-corrected chi connectivity index (χ4v) is 2.55. The van der Waals surface area contributed by atoms with E-state index >= 15 is 0 Å². The number of rotatable bonds is 6. The lowest BCUT2D eigenvalue weighted by atomic mass is 10.1. The lowest BCUT2D eigenvalue weighted by molar-refractivity contribution is 0.322. The summed E-state index contributed by atoms with van der Waals surface area (Å²) in [6, 6.07) is 10.3. The Labute approximate surface area is 118 Å². The Balaban J connectivity index is 2.02. The Hall–Kier alpha value is -1.74. The van der Waals surface area contributed by atoms with E-state index in [0.29, 0.717) is 12.3 Å². The van der Waals surface area contributed by atoms with Gasteiger partial charge in [-0.25, -0.2) is 0 Å². The summed E-state index contributed by atoms with van der Waals surface area (Å²) in [7, 11) is 0. The van der Waals surface area contributed by atoms with E-state index in [1.807, 2.05) is 6.07 Å². The van der Waals surface area contributed by atoms with Crippen molar-refractivity contribution in [2.75, 3.05) is 6.61 Å². The zero-order valence-corrected chi connectivity index (χ0v) is 12.0. The zero-order chi connectivity index (χ0) is 13.7. The molecule has 0 radical (unpaired) electrons. The SMILES string of the molecule is C=C(N)c1cc(CC)cc(OCCc2cccs2)c1. The van der Waals surface area contributed by atoms with Crippen LogP contribution in [0, 0.1) is 0 Å². The highest BCUT2D eigenvalue weighted by Gasteiger charge is 2.03. The molecule has 0 saturated carbocycles. The maximum absolute atomic E-state index is 5.82. The molecule has 19 heavy (non-hydrogen) atoms. The van der Waals surface area contributed by atoms with Crippen LogP contribution in [0.25, 0.3) is 5.70 Å². The number of nitrogens with two attached hydrogens (primary N) is 1. The van der Waals surface area contributed by atoms with Crippen LogP contribution in [0.1, 0.15) is 22.9 Å². The van der Waals surface area contributed by atoms with Gasteiger partial charge >= 0.3 is 0 Å². The first-order valence-corrected chi connectivity index (χ1v) is 7.31. The lowest BCUT2D eigenvalue weighted by Gasteiger charge is -2.10. The third-order valence-electron chi connectivity index (χ3n) is 2.94. The third kappa shape index (κ3) is 3.86. The molecule has 2 aromatic rings. The van der Waals surface area contributed by atoms with Crippen molar-refractivity contribution >= 4 is 17.0 Å². The molecule has 3 heteroatoms. The maximum atomic E-state index is 5.82. The van der Waals surface area contributed by atoms with Crippen LogP contribution in [-0.4, -0.2) is 6.61 Å². The van der Waals surface area contributed by atoms with E-state index in [1.54, 1.807) is 11.3 Å². The topological polar surface area (TPSA) is 35.2 Å². The standard InChI is InChI=1S/C16H19NOS/c1-3-13-9-14(12(2)17)11-15(10-13)18-7-6-16-5-4-8-19-16/h4-5,8-11H,2-3,6-7,17H2,1H3. The van der Waals surface area contributed by atoms with Crippen molar-refractivity contribution < 1.29 is 4.74 Å². The quantitative estimate of drug-likeness (QED) is 0.867. The Morgan fingerprint density at radius 2 is 2.21 bits per heavy atom. The Morgan fingerprint density at radius 1 is 1.37 bits per heavy atom. The van der Waals surface area contributed by atoms with Gasteiger partial charge in [0.1, 0.15) is 5.75 Å². The van der Waals surface area contributed by atoms with Crippen LogP contribution >= 0.6 is 11.3 Å². The average Bonchev–Trinajstić information content (AvgIpc) is 2.91. The third-order valence-corrected chi connectivity index (χ3v) is 3.88. The highest BCUT2D eigenvalue weighted by molar-refractivity contribution is 7.09. The van der Waals surface area contributed by atoms with Crippen molar-refractivity contribution in [3.63, 3.8) is 0 Å². The number of ether oxygens (including phenoxy) is 1. The molecule has 2 rings (SSSR count). The number of hydrogen-bond donors (Lipinski definition) is 1. The first-order valence-electron chi connectivity index (χ1n) is 6.43. The lowest BCUT2D eigenvalue weighted by Crippen LogP contribution is -2.02. The molecule has 2 nitrogen and oxygen atoms in total. The molecule has 0 fully saturated rings. The molecule has 1 aromatic carbocycles. The van der Waals surface area contributed by atoms with Gasteiger partial charge in [0.05, 0.1) is 6.61 Å². The van der Waals surface area contributed by atoms with Crippen molar-refractivity contribution in [3.8, 4) is 5.75 Å². The van der Waals surface area contributed by atoms with Gasteiger partial charge in [-0.3, -0.25) is 0 Å². The van der Waals surface area contributed by atoms with Crippen molar-refractivity contribution in [2.45, 2.75) is 19.8 Å². The number of thiophene rings is 1. The minimum atomic E-state index is 0.582. The fraction of sp³-hybridized carbons (Fsp3) is 0.250. The van der Waals surface area contributed by atoms with Crippen LogP contribution in [0.4, 0.5) is 0 Å². The molecule has 1 aromatic heterocycles. The van der Waals surface area contributed by atoms with Gasteiger partial charge in [-0.2, -0.15) is 0 Å². The largest absolute Gasteiger partial charge is 0.493 e. The molecule has 0 saturated heterocycles. The van der Waals surface area contributed by atoms with Crippen molar-refractivity contribution in [2.24, 2.45) is 5.73 Å². The number of aryl methyl sites for hydroxylation is 1. The monoisotopic (exact) mass is 273 g/mol. The summed E-state index contributed by atoms with van der Waals surface area (Å²) in [5.74, 6) is 0.873. The summed E-state index contributed by atoms with van der Waals surface area (Å²) in [5.41, 5.74) is 8.51. The van der Waals surface area contributed by atoms with Crippen molar-refractivity contribution in [1.82, 2.24) is 0 Å². The van der Waals surface area contributed by atoms with Crippen LogP contribution in [0.3, 0.4) is 0 Å². The van der Waals surface area contributed by atoms with Gasteiger partial charge in [0.2, 0.25) is 0 Å². The molecule has 0 unspecified atom stereocenters. The minimum Gasteiger partial charge on any atom is -0.493 e. The molecule has 0 aliphatic heterocycles. The first kappa shape index (κ1) is 13.7. The van der Waals surface area contributed by atoms with E-state index in [-0.39, 0.29) is 0 Å². The van der Waals surface area contributed by atoms with Crippen molar-refractivity contribution in [1.29, 1.82) is 0 Å². The molecule has 1 heterocycles.